The van der Waals surface area contributed by atoms with Crippen molar-refractivity contribution in [2.75, 3.05) is 0 Å². The minimum absolute atomic E-state index is 0.836. The number of carbonyl (C=O) groups excluding carboxylic acids is 2. The van der Waals surface area contributed by atoms with Crippen molar-refractivity contribution in [2.45, 2.75) is 6.92 Å². The van der Waals surface area contributed by atoms with E-state index in [1.54, 1.807) is 6.08 Å². The highest BCUT2D eigenvalue weighted by molar-refractivity contribution is 5.81. The number of amides is 1. The minimum atomic E-state index is -1.18. The van der Waals surface area contributed by atoms with E-state index in [9.17, 15) is 9.59 Å². The van der Waals surface area contributed by atoms with Gasteiger partial charge in [0.05, 0.1) is 0 Å². The highest BCUT2D eigenvalue weighted by atomic mass is 17.2. The zero-order chi connectivity index (χ0) is 9.98. The van der Waals surface area contributed by atoms with Gasteiger partial charge in [-0.25, -0.2) is 19.4 Å². The lowest BCUT2D eigenvalue weighted by molar-refractivity contribution is -0.224. The zero-order valence-electron chi connectivity index (χ0n) is 6.78. The van der Waals surface area contributed by atoms with E-state index in [2.05, 4.69) is 28.7 Å². The normalized spacial score (nSPS) is 6.75. The molecular weight excluding hydrogens is 162 g/mol. The Bertz CT molecular complexity index is 176. The summed E-state index contributed by atoms with van der Waals surface area (Å²) in [6.45, 7) is 8.28. The SMILES string of the molecule is C=CC.C=CC(=O)OOC(N)=O. The molecule has 2 N–H and O–H groups in total. The third-order valence-corrected chi connectivity index (χ3v) is 0.373. The van der Waals surface area contributed by atoms with Gasteiger partial charge in [-0.05, 0) is 6.92 Å². The Morgan fingerprint density at radius 3 is 2.00 bits per heavy atom. The van der Waals surface area contributed by atoms with Crippen LogP contribution in [0.15, 0.2) is 25.3 Å². The lowest BCUT2D eigenvalue weighted by Gasteiger charge is -1.93. The first-order chi connectivity index (χ1) is 5.58. The summed E-state index contributed by atoms with van der Waals surface area (Å²) in [4.78, 5) is 27.1. The van der Waals surface area contributed by atoms with E-state index < -0.39 is 12.1 Å². The summed E-state index contributed by atoms with van der Waals surface area (Å²) in [6.07, 6.45) is 1.41. The molecule has 0 unspecified atom stereocenters. The van der Waals surface area contributed by atoms with Crippen molar-refractivity contribution in [1.82, 2.24) is 0 Å². The Balaban J connectivity index is 0. The number of allylic oxidation sites excluding steroid dienone is 1. The second-order valence-electron chi connectivity index (χ2n) is 1.42. The molecule has 0 heterocycles. The molecule has 0 fully saturated rings. The van der Waals surface area contributed by atoms with Crippen LogP contribution in [0, 0.1) is 0 Å². The third-order valence-electron chi connectivity index (χ3n) is 0.373. The van der Waals surface area contributed by atoms with Crippen LogP contribution in [0.4, 0.5) is 4.79 Å². The fraction of sp³-hybridized carbons (Fsp3) is 0.143. The van der Waals surface area contributed by atoms with Crippen molar-refractivity contribution >= 4 is 12.1 Å². The van der Waals surface area contributed by atoms with E-state index in [-0.39, 0.29) is 0 Å². The summed E-state index contributed by atoms with van der Waals surface area (Å²) < 4.78 is 0. The van der Waals surface area contributed by atoms with Crippen LogP contribution in [0.1, 0.15) is 6.92 Å². The lowest BCUT2D eigenvalue weighted by atomic mass is 10.7. The Kier molecular flexibility index (Phi) is 9.88. The molecule has 12 heavy (non-hydrogen) atoms. The highest BCUT2D eigenvalue weighted by Gasteiger charge is 1.98. The summed E-state index contributed by atoms with van der Waals surface area (Å²) in [5.74, 6) is -0.867. The number of rotatable bonds is 1. The molecule has 68 valence electrons. The highest BCUT2D eigenvalue weighted by Crippen LogP contribution is 1.79. The molecule has 0 rings (SSSR count). The van der Waals surface area contributed by atoms with Crippen molar-refractivity contribution in [3.8, 4) is 0 Å². The van der Waals surface area contributed by atoms with Gasteiger partial charge in [-0.15, -0.1) is 6.58 Å². The maximum atomic E-state index is 10.0. The smallest absolute Gasteiger partial charge is 0.332 e. The number of carbonyl (C=O) groups is 2. The van der Waals surface area contributed by atoms with E-state index in [1.807, 2.05) is 6.92 Å². The van der Waals surface area contributed by atoms with Crippen LogP contribution >= 0.6 is 0 Å². The molecule has 1 amide bonds. The standard InChI is InChI=1S/C4H5NO4.C3H6/c1-2-3(6)8-9-4(5)7;1-3-2/h2H,1H2,(H2,5,7);3H,1H2,2H3. The molecule has 0 bridgehead atoms. The molecule has 5 nitrogen and oxygen atoms in total. The van der Waals surface area contributed by atoms with E-state index in [0.717, 1.165) is 6.08 Å². The van der Waals surface area contributed by atoms with Gasteiger partial charge in [-0.1, -0.05) is 12.7 Å². The largest absolute Gasteiger partial charge is 0.447 e. The molecule has 0 aromatic rings. The van der Waals surface area contributed by atoms with Gasteiger partial charge in [-0.2, -0.15) is 0 Å². The average Bonchev–Trinajstić information content (AvgIpc) is 2.01. The van der Waals surface area contributed by atoms with Crippen LogP contribution < -0.4 is 5.73 Å². The van der Waals surface area contributed by atoms with Crippen LogP contribution in [-0.2, 0) is 14.6 Å². The van der Waals surface area contributed by atoms with E-state index in [4.69, 9.17) is 0 Å². The quantitative estimate of drug-likeness (QED) is 0.277. The van der Waals surface area contributed by atoms with Gasteiger partial charge >= 0.3 is 12.1 Å². The first kappa shape index (κ1) is 12.9. The van der Waals surface area contributed by atoms with Gasteiger partial charge in [0.2, 0.25) is 0 Å². The summed E-state index contributed by atoms with van der Waals surface area (Å²) in [5, 5.41) is 0. The predicted molar refractivity (Wildman–Crippen MR) is 42.8 cm³/mol. The summed E-state index contributed by atoms with van der Waals surface area (Å²) in [5.41, 5.74) is 4.42. The minimum Gasteiger partial charge on any atom is -0.332 e. The number of nitrogens with two attached hydrogens (primary N) is 1. The van der Waals surface area contributed by atoms with Crippen molar-refractivity contribution in [1.29, 1.82) is 0 Å². The van der Waals surface area contributed by atoms with Crippen LogP contribution in [0.2, 0.25) is 0 Å². The van der Waals surface area contributed by atoms with Gasteiger partial charge < -0.3 is 5.73 Å². The summed E-state index contributed by atoms with van der Waals surface area (Å²) >= 11 is 0. The molecule has 0 aromatic carbocycles. The first-order valence-electron chi connectivity index (χ1n) is 2.95. The Morgan fingerprint density at radius 2 is 1.75 bits per heavy atom. The fourth-order valence-corrected chi connectivity index (χ4v) is 0.116. The zero-order valence-corrected chi connectivity index (χ0v) is 6.78. The third kappa shape index (κ3) is 15.7. The molecule has 0 atom stereocenters. The van der Waals surface area contributed by atoms with Gasteiger partial charge in [0, 0.05) is 6.08 Å². The Hall–Kier alpha value is -1.78. The Morgan fingerprint density at radius 1 is 1.33 bits per heavy atom. The number of hydrogen-bond donors (Lipinski definition) is 1. The molecule has 0 saturated carbocycles. The van der Waals surface area contributed by atoms with Crippen molar-refractivity contribution in [3.05, 3.63) is 25.3 Å². The van der Waals surface area contributed by atoms with E-state index in [0.29, 0.717) is 0 Å². The number of primary amides is 1. The monoisotopic (exact) mass is 173 g/mol. The van der Waals surface area contributed by atoms with Crippen molar-refractivity contribution in [2.24, 2.45) is 5.73 Å². The predicted octanol–water partition coefficient (Wildman–Crippen LogP) is 0.918. The fourth-order valence-electron chi connectivity index (χ4n) is 0.116. The summed E-state index contributed by atoms with van der Waals surface area (Å²) in [6, 6.07) is 0. The topological polar surface area (TPSA) is 78.6 Å². The molecule has 0 radical (unpaired) electrons. The van der Waals surface area contributed by atoms with Crippen molar-refractivity contribution in [3.63, 3.8) is 0 Å². The maximum Gasteiger partial charge on any atom is 0.447 e. The van der Waals surface area contributed by atoms with Crippen LogP contribution in [0.5, 0.6) is 0 Å². The van der Waals surface area contributed by atoms with Gasteiger partial charge in [0.1, 0.15) is 0 Å². The molecular formula is C7H11NO4. The number of hydrogen-bond acceptors (Lipinski definition) is 4. The van der Waals surface area contributed by atoms with E-state index in [1.165, 1.54) is 0 Å². The van der Waals surface area contributed by atoms with Crippen LogP contribution in [0.25, 0.3) is 0 Å². The van der Waals surface area contributed by atoms with Crippen molar-refractivity contribution < 1.29 is 19.4 Å². The lowest BCUT2D eigenvalue weighted by Crippen LogP contribution is -2.15. The van der Waals surface area contributed by atoms with E-state index >= 15 is 0 Å². The first-order valence-corrected chi connectivity index (χ1v) is 2.95. The van der Waals surface area contributed by atoms with Gasteiger partial charge in [-0.3, -0.25) is 0 Å². The average molecular weight is 173 g/mol. The molecule has 0 aromatic heterocycles. The van der Waals surface area contributed by atoms with Crippen LogP contribution in [-0.4, -0.2) is 12.1 Å². The molecule has 0 aliphatic heterocycles. The molecule has 0 aliphatic carbocycles. The van der Waals surface area contributed by atoms with Gasteiger partial charge in [0.25, 0.3) is 0 Å². The molecule has 0 saturated heterocycles. The summed E-state index contributed by atoms with van der Waals surface area (Å²) in [7, 11) is 0. The maximum absolute atomic E-state index is 10.0. The molecule has 5 heteroatoms. The van der Waals surface area contributed by atoms with Crippen LogP contribution in [0.3, 0.4) is 0 Å². The second kappa shape index (κ2) is 9.22. The Labute approximate surface area is 70.4 Å². The second-order valence-corrected chi connectivity index (χ2v) is 1.42. The van der Waals surface area contributed by atoms with Gasteiger partial charge in [0.15, 0.2) is 0 Å². The molecule has 0 aliphatic rings. The molecule has 0 spiro atoms.